The van der Waals surface area contributed by atoms with Crippen molar-refractivity contribution >= 4 is 33.1 Å². The van der Waals surface area contributed by atoms with Gasteiger partial charge in [0.15, 0.2) is 15.7 Å². The van der Waals surface area contributed by atoms with Crippen molar-refractivity contribution in [2.45, 2.75) is 11.8 Å². The molecule has 0 aliphatic carbocycles. The third kappa shape index (κ3) is 4.10. The van der Waals surface area contributed by atoms with Crippen molar-refractivity contribution in [3.63, 3.8) is 0 Å². The largest absolute Gasteiger partial charge is 0.366 e. The first-order valence-electron chi connectivity index (χ1n) is 9.64. The van der Waals surface area contributed by atoms with Gasteiger partial charge < -0.3 is 11.1 Å². The molecule has 2 heterocycles. The van der Waals surface area contributed by atoms with E-state index in [-0.39, 0.29) is 10.8 Å². The highest BCUT2D eigenvalue weighted by Crippen LogP contribution is 2.32. The number of benzene rings is 2. The molecule has 9 heteroatoms. The Morgan fingerprint density at radius 1 is 0.969 bits per heavy atom. The zero-order valence-corrected chi connectivity index (χ0v) is 18.2. The summed E-state index contributed by atoms with van der Waals surface area (Å²) in [4.78, 5) is 28.2. The number of fused-ring (bicyclic) bond motifs is 1. The topological polar surface area (TPSA) is 124 Å². The van der Waals surface area contributed by atoms with E-state index in [0.29, 0.717) is 33.8 Å². The van der Waals surface area contributed by atoms with E-state index >= 15 is 0 Å². The van der Waals surface area contributed by atoms with Crippen LogP contribution in [0.4, 0.5) is 5.82 Å². The highest BCUT2D eigenvalue weighted by molar-refractivity contribution is 7.90. The molecule has 0 saturated heterocycles. The van der Waals surface area contributed by atoms with Crippen LogP contribution in [0.25, 0.3) is 28.0 Å². The number of aromatic nitrogens is 2. The number of hydrogen-bond acceptors (Lipinski definition) is 5. The van der Waals surface area contributed by atoms with E-state index in [4.69, 9.17) is 5.73 Å². The normalized spacial score (nSPS) is 11.4. The minimum absolute atomic E-state index is 0.217. The Morgan fingerprint density at radius 3 is 2.38 bits per heavy atom. The van der Waals surface area contributed by atoms with Gasteiger partial charge in [-0.1, -0.05) is 24.3 Å². The Labute approximate surface area is 184 Å². The van der Waals surface area contributed by atoms with Gasteiger partial charge in [-0.2, -0.15) is 0 Å². The molecule has 8 nitrogen and oxygen atoms in total. The fourth-order valence-corrected chi connectivity index (χ4v) is 4.14. The first-order chi connectivity index (χ1) is 15.1. The van der Waals surface area contributed by atoms with Crippen LogP contribution < -0.4 is 11.1 Å². The van der Waals surface area contributed by atoms with Gasteiger partial charge in [-0.25, -0.2) is 13.4 Å². The number of sulfone groups is 1. The molecule has 0 atom stereocenters. The molecule has 0 unspecified atom stereocenters. The number of rotatable bonds is 5. The highest BCUT2D eigenvalue weighted by atomic mass is 32.2. The van der Waals surface area contributed by atoms with Crippen molar-refractivity contribution in [2.24, 2.45) is 5.73 Å². The standard InChI is InChI=1S/C23H20N4O4S/c1-14(28)25-23-21(16-6-3-7-17(11-16)22(24)29)27-13-18(9-10-20(27)26-23)15-5-4-8-19(12-15)32(2,30)31/h3-13H,1-2H3,(H2,24,29)(H,25,28). The van der Waals surface area contributed by atoms with Gasteiger partial charge in [-0.15, -0.1) is 0 Å². The minimum atomic E-state index is -3.36. The van der Waals surface area contributed by atoms with Crippen LogP contribution in [0.3, 0.4) is 0 Å². The van der Waals surface area contributed by atoms with Crippen LogP contribution in [0.1, 0.15) is 17.3 Å². The Bertz CT molecular complexity index is 1490. The molecule has 2 aromatic carbocycles. The predicted molar refractivity (Wildman–Crippen MR) is 122 cm³/mol. The molecule has 3 N–H and O–H groups in total. The zero-order valence-electron chi connectivity index (χ0n) is 17.4. The van der Waals surface area contributed by atoms with Crippen molar-refractivity contribution in [2.75, 3.05) is 11.6 Å². The van der Waals surface area contributed by atoms with Crippen LogP contribution in [0, 0.1) is 0 Å². The van der Waals surface area contributed by atoms with Crippen LogP contribution in [0.2, 0.25) is 0 Å². The lowest BCUT2D eigenvalue weighted by Crippen LogP contribution is -2.11. The van der Waals surface area contributed by atoms with Gasteiger partial charge in [-0.3, -0.25) is 14.0 Å². The van der Waals surface area contributed by atoms with Crippen molar-refractivity contribution in [3.05, 3.63) is 72.4 Å². The summed E-state index contributed by atoms with van der Waals surface area (Å²) in [6.45, 7) is 1.38. The monoisotopic (exact) mass is 448 g/mol. The van der Waals surface area contributed by atoms with Crippen molar-refractivity contribution in [3.8, 4) is 22.4 Å². The second-order valence-corrected chi connectivity index (χ2v) is 9.40. The van der Waals surface area contributed by atoms with E-state index in [1.54, 1.807) is 59.1 Å². The molecular weight excluding hydrogens is 428 g/mol. The number of carbonyl (C=O) groups is 2. The molecule has 0 saturated carbocycles. The number of imidazole rings is 1. The van der Waals surface area contributed by atoms with Crippen molar-refractivity contribution < 1.29 is 18.0 Å². The number of hydrogen-bond donors (Lipinski definition) is 2. The van der Waals surface area contributed by atoms with E-state index in [0.717, 1.165) is 11.8 Å². The number of pyridine rings is 1. The zero-order chi connectivity index (χ0) is 23.0. The fourth-order valence-electron chi connectivity index (χ4n) is 3.47. The minimum Gasteiger partial charge on any atom is -0.366 e. The predicted octanol–water partition coefficient (Wildman–Crippen LogP) is 3.13. The number of carbonyl (C=O) groups excluding carboxylic acids is 2. The molecule has 0 bridgehead atoms. The van der Waals surface area contributed by atoms with Crippen LogP contribution in [-0.4, -0.2) is 35.9 Å². The van der Waals surface area contributed by atoms with E-state index in [2.05, 4.69) is 10.3 Å². The maximum Gasteiger partial charge on any atom is 0.248 e. The smallest absolute Gasteiger partial charge is 0.248 e. The second kappa shape index (κ2) is 7.93. The molecule has 0 aliphatic heterocycles. The van der Waals surface area contributed by atoms with E-state index < -0.39 is 15.7 Å². The molecular formula is C23H20N4O4S. The van der Waals surface area contributed by atoms with Gasteiger partial charge in [0.1, 0.15) is 5.65 Å². The molecule has 0 radical (unpaired) electrons. The second-order valence-electron chi connectivity index (χ2n) is 7.38. The number of nitrogens with two attached hydrogens (primary N) is 1. The lowest BCUT2D eigenvalue weighted by molar-refractivity contribution is -0.114. The molecule has 4 rings (SSSR count). The maximum absolute atomic E-state index is 12.0. The Balaban J connectivity index is 1.95. The number of primary amides is 1. The molecule has 162 valence electrons. The summed E-state index contributed by atoms with van der Waals surface area (Å²) in [5.41, 5.74) is 8.99. The summed E-state index contributed by atoms with van der Waals surface area (Å²) in [7, 11) is -3.36. The van der Waals surface area contributed by atoms with Crippen LogP contribution >= 0.6 is 0 Å². The van der Waals surface area contributed by atoms with Gasteiger partial charge in [0.05, 0.1) is 10.6 Å². The summed E-state index contributed by atoms with van der Waals surface area (Å²) in [6, 6.07) is 17.0. The molecule has 2 amide bonds. The summed E-state index contributed by atoms with van der Waals surface area (Å²) in [6.07, 6.45) is 2.97. The fraction of sp³-hybridized carbons (Fsp3) is 0.0870. The van der Waals surface area contributed by atoms with Gasteiger partial charge in [0.2, 0.25) is 11.8 Å². The lowest BCUT2D eigenvalue weighted by Gasteiger charge is -2.09. The number of nitrogens with zero attached hydrogens (tertiary/aromatic N) is 2. The van der Waals surface area contributed by atoms with E-state index in [1.807, 2.05) is 12.1 Å². The summed E-state index contributed by atoms with van der Waals surface area (Å²) < 4.78 is 25.7. The van der Waals surface area contributed by atoms with Gasteiger partial charge >= 0.3 is 0 Å². The SMILES string of the molecule is CC(=O)Nc1nc2ccc(-c3cccc(S(C)(=O)=O)c3)cn2c1-c1cccc(C(N)=O)c1. The quantitative estimate of drug-likeness (QED) is 0.485. The number of amides is 2. The molecule has 2 aromatic heterocycles. The first-order valence-corrected chi connectivity index (χ1v) is 11.5. The molecule has 0 aliphatic rings. The number of anilines is 1. The highest BCUT2D eigenvalue weighted by Gasteiger charge is 2.17. The van der Waals surface area contributed by atoms with Crippen LogP contribution in [-0.2, 0) is 14.6 Å². The molecule has 32 heavy (non-hydrogen) atoms. The van der Waals surface area contributed by atoms with Crippen LogP contribution in [0.15, 0.2) is 71.8 Å². The van der Waals surface area contributed by atoms with Gasteiger partial charge in [0.25, 0.3) is 0 Å². The lowest BCUT2D eigenvalue weighted by atomic mass is 10.1. The van der Waals surface area contributed by atoms with Crippen LogP contribution in [0.5, 0.6) is 0 Å². The van der Waals surface area contributed by atoms with E-state index in [9.17, 15) is 18.0 Å². The van der Waals surface area contributed by atoms with Crippen molar-refractivity contribution in [1.29, 1.82) is 0 Å². The van der Waals surface area contributed by atoms with E-state index in [1.165, 1.54) is 6.92 Å². The summed E-state index contributed by atoms with van der Waals surface area (Å²) in [5.74, 6) is -0.525. The summed E-state index contributed by atoms with van der Waals surface area (Å²) >= 11 is 0. The third-order valence-electron chi connectivity index (χ3n) is 4.93. The number of nitrogens with one attached hydrogen (secondary N) is 1. The Hall–Kier alpha value is -3.98. The maximum atomic E-state index is 12.0. The first kappa shape index (κ1) is 21.3. The Kier molecular flexibility index (Phi) is 5.27. The van der Waals surface area contributed by atoms with Gasteiger partial charge in [-0.05, 0) is 47.5 Å². The Morgan fingerprint density at radius 2 is 1.69 bits per heavy atom. The molecule has 0 fully saturated rings. The molecule has 0 spiro atoms. The average molecular weight is 449 g/mol. The van der Waals surface area contributed by atoms with Crippen molar-refractivity contribution in [1.82, 2.24) is 9.38 Å². The third-order valence-corrected chi connectivity index (χ3v) is 6.04. The molecule has 4 aromatic rings. The summed E-state index contributed by atoms with van der Waals surface area (Å²) in [5, 5.41) is 2.73. The average Bonchev–Trinajstić information content (AvgIpc) is 3.09. The van der Waals surface area contributed by atoms with Gasteiger partial charge in [0, 0.05) is 30.5 Å².